The highest BCUT2D eigenvalue weighted by molar-refractivity contribution is 5.85. The molecule has 0 unspecified atom stereocenters. The van der Waals surface area contributed by atoms with Gasteiger partial charge in [0, 0.05) is 6.54 Å². The molecule has 21 heavy (non-hydrogen) atoms. The first kappa shape index (κ1) is 16.8. The van der Waals surface area contributed by atoms with Gasteiger partial charge in [-0.1, -0.05) is 26.7 Å². The SMILES string of the molecule is CCCC1(CCC)O[C@]2(CO)CCC[C@@]1(C(=O)NCC)C2. The Hall–Kier alpha value is -0.610. The summed E-state index contributed by atoms with van der Waals surface area (Å²) < 4.78 is 6.55. The summed E-state index contributed by atoms with van der Waals surface area (Å²) in [6.07, 6.45) is 7.22. The van der Waals surface area contributed by atoms with Crippen molar-refractivity contribution < 1.29 is 14.6 Å². The van der Waals surface area contributed by atoms with Crippen LogP contribution < -0.4 is 5.32 Å². The van der Waals surface area contributed by atoms with Gasteiger partial charge < -0.3 is 15.2 Å². The molecule has 2 bridgehead atoms. The maximum absolute atomic E-state index is 12.9. The van der Waals surface area contributed by atoms with Crippen molar-refractivity contribution in [2.24, 2.45) is 5.41 Å². The molecule has 1 aliphatic heterocycles. The normalized spacial score (nSPS) is 33.9. The third-order valence-corrected chi connectivity index (χ3v) is 5.51. The molecule has 0 spiro atoms. The van der Waals surface area contributed by atoms with Gasteiger partial charge in [-0.25, -0.2) is 0 Å². The van der Waals surface area contributed by atoms with Crippen molar-refractivity contribution in [3.05, 3.63) is 0 Å². The van der Waals surface area contributed by atoms with Gasteiger partial charge in [-0.2, -0.15) is 0 Å². The van der Waals surface area contributed by atoms with E-state index < -0.39 is 16.6 Å². The van der Waals surface area contributed by atoms with E-state index in [0.717, 1.165) is 44.9 Å². The van der Waals surface area contributed by atoms with Crippen molar-refractivity contribution in [1.29, 1.82) is 0 Å². The van der Waals surface area contributed by atoms with Crippen LogP contribution in [0.3, 0.4) is 0 Å². The first-order valence-corrected chi connectivity index (χ1v) is 8.63. The number of carbonyl (C=O) groups is 1. The minimum Gasteiger partial charge on any atom is -0.393 e. The van der Waals surface area contributed by atoms with Gasteiger partial charge in [-0.15, -0.1) is 0 Å². The fourth-order valence-electron chi connectivity index (χ4n) is 4.84. The first-order chi connectivity index (χ1) is 10.0. The largest absolute Gasteiger partial charge is 0.393 e. The van der Waals surface area contributed by atoms with Crippen LogP contribution in [-0.2, 0) is 9.53 Å². The predicted molar refractivity (Wildman–Crippen MR) is 83.0 cm³/mol. The molecule has 122 valence electrons. The van der Waals surface area contributed by atoms with Gasteiger partial charge in [0.05, 0.1) is 23.2 Å². The number of ether oxygens (including phenoxy) is 1. The fourth-order valence-corrected chi connectivity index (χ4v) is 4.84. The van der Waals surface area contributed by atoms with Crippen LogP contribution in [0, 0.1) is 5.41 Å². The van der Waals surface area contributed by atoms with Crippen molar-refractivity contribution >= 4 is 5.91 Å². The number of aliphatic hydroxyl groups is 1. The quantitative estimate of drug-likeness (QED) is 0.759. The molecule has 2 rings (SSSR count). The monoisotopic (exact) mass is 297 g/mol. The molecule has 4 heteroatoms. The van der Waals surface area contributed by atoms with Gasteiger partial charge in [0.25, 0.3) is 0 Å². The Bertz CT molecular complexity index is 378. The third kappa shape index (κ3) is 2.50. The zero-order valence-corrected chi connectivity index (χ0v) is 13.8. The molecule has 0 aromatic heterocycles. The van der Waals surface area contributed by atoms with Crippen LogP contribution in [0.4, 0.5) is 0 Å². The summed E-state index contributed by atoms with van der Waals surface area (Å²) in [6, 6.07) is 0. The Morgan fingerprint density at radius 2 is 1.86 bits per heavy atom. The first-order valence-electron chi connectivity index (χ1n) is 8.63. The summed E-state index contributed by atoms with van der Waals surface area (Å²) >= 11 is 0. The lowest BCUT2D eigenvalue weighted by atomic mass is 9.60. The zero-order valence-electron chi connectivity index (χ0n) is 13.8. The molecule has 1 saturated heterocycles. The second kappa shape index (κ2) is 6.25. The van der Waals surface area contributed by atoms with Crippen molar-refractivity contribution in [1.82, 2.24) is 5.32 Å². The predicted octanol–water partition coefficient (Wildman–Crippen LogP) is 2.78. The molecule has 1 aliphatic carbocycles. The number of amides is 1. The van der Waals surface area contributed by atoms with Crippen molar-refractivity contribution in [3.8, 4) is 0 Å². The topological polar surface area (TPSA) is 58.6 Å². The highest BCUT2D eigenvalue weighted by Crippen LogP contribution is 2.62. The van der Waals surface area contributed by atoms with Crippen molar-refractivity contribution in [3.63, 3.8) is 0 Å². The lowest BCUT2D eigenvalue weighted by Gasteiger charge is -2.43. The number of hydrogen-bond acceptors (Lipinski definition) is 3. The van der Waals surface area contributed by atoms with Gasteiger partial charge >= 0.3 is 0 Å². The van der Waals surface area contributed by atoms with E-state index in [4.69, 9.17) is 4.74 Å². The van der Waals surface area contributed by atoms with Gasteiger partial charge in [-0.3, -0.25) is 4.79 Å². The molecule has 2 N–H and O–H groups in total. The summed E-state index contributed by atoms with van der Waals surface area (Å²) in [5.41, 5.74) is -1.33. The number of rotatable bonds is 7. The minimum absolute atomic E-state index is 0.0311. The Morgan fingerprint density at radius 1 is 1.19 bits per heavy atom. The van der Waals surface area contributed by atoms with Crippen molar-refractivity contribution in [2.75, 3.05) is 13.2 Å². The molecular formula is C17H31NO3. The second-order valence-corrected chi connectivity index (χ2v) is 6.91. The molecule has 2 fully saturated rings. The summed E-state index contributed by atoms with van der Waals surface area (Å²) in [5.74, 6) is 0.141. The maximum atomic E-state index is 12.9. The Morgan fingerprint density at radius 3 is 2.38 bits per heavy atom. The fraction of sp³-hybridized carbons (Fsp3) is 0.941. The van der Waals surface area contributed by atoms with Crippen LogP contribution in [0.5, 0.6) is 0 Å². The smallest absolute Gasteiger partial charge is 0.229 e. The summed E-state index contributed by atoms with van der Waals surface area (Å²) in [7, 11) is 0. The maximum Gasteiger partial charge on any atom is 0.229 e. The molecule has 2 aliphatic rings. The standard InChI is InChI=1S/C17H31NO3/c1-4-8-17(9-5-2)16(14(20)18-6-3)11-7-10-15(12-16,13-19)21-17/h19H,4-13H2,1-3H3,(H,18,20)/t15-,16+/m1/s1. The molecule has 0 aromatic rings. The average Bonchev–Trinajstić information content (AvgIpc) is 2.66. The number of hydrogen-bond donors (Lipinski definition) is 2. The molecule has 0 aromatic carbocycles. The summed E-state index contributed by atoms with van der Waals surface area (Å²) in [4.78, 5) is 12.9. The van der Waals surface area contributed by atoms with E-state index in [1.54, 1.807) is 0 Å². The van der Waals surface area contributed by atoms with Crippen LogP contribution >= 0.6 is 0 Å². The lowest BCUT2D eigenvalue weighted by molar-refractivity contribution is -0.158. The van der Waals surface area contributed by atoms with Gasteiger partial charge in [0.15, 0.2) is 0 Å². The van der Waals surface area contributed by atoms with Crippen molar-refractivity contribution in [2.45, 2.75) is 83.3 Å². The Balaban J connectivity index is 2.46. The van der Waals surface area contributed by atoms with Gasteiger partial charge in [0.1, 0.15) is 0 Å². The number of nitrogens with one attached hydrogen (secondary N) is 1. The minimum atomic E-state index is -0.492. The second-order valence-electron chi connectivity index (χ2n) is 6.91. The molecule has 4 nitrogen and oxygen atoms in total. The summed E-state index contributed by atoms with van der Waals surface area (Å²) in [6.45, 7) is 6.96. The van der Waals surface area contributed by atoms with Crippen LogP contribution in [0.2, 0.25) is 0 Å². The van der Waals surface area contributed by atoms with Crippen LogP contribution in [0.15, 0.2) is 0 Å². The van der Waals surface area contributed by atoms with Gasteiger partial charge in [0.2, 0.25) is 5.91 Å². The zero-order chi connectivity index (χ0) is 15.6. The van der Waals surface area contributed by atoms with Crippen LogP contribution in [0.25, 0.3) is 0 Å². The average molecular weight is 297 g/mol. The number of fused-ring (bicyclic) bond motifs is 2. The van der Waals surface area contributed by atoms with E-state index in [2.05, 4.69) is 19.2 Å². The Labute approximate surface area is 128 Å². The highest BCUT2D eigenvalue weighted by atomic mass is 16.5. The Kier molecular flexibility index (Phi) is 4.99. The summed E-state index contributed by atoms with van der Waals surface area (Å²) in [5, 5.41) is 13.0. The molecular weight excluding hydrogens is 266 g/mol. The molecule has 2 atom stereocenters. The van der Waals surface area contributed by atoms with E-state index in [1.165, 1.54) is 0 Å². The van der Waals surface area contributed by atoms with Crippen LogP contribution in [-0.4, -0.2) is 35.4 Å². The van der Waals surface area contributed by atoms with E-state index in [9.17, 15) is 9.90 Å². The van der Waals surface area contributed by atoms with Gasteiger partial charge in [-0.05, 0) is 45.4 Å². The molecule has 1 amide bonds. The highest BCUT2D eigenvalue weighted by Gasteiger charge is 2.68. The number of carbonyl (C=O) groups excluding carboxylic acids is 1. The lowest BCUT2D eigenvalue weighted by Crippen LogP contribution is -2.54. The molecule has 1 saturated carbocycles. The number of aliphatic hydroxyl groups excluding tert-OH is 1. The molecule has 0 radical (unpaired) electrons. The van der Waals surface area contributed by atoms with E-state index in [1.807, 2.05) is 6.92 Å². The van der Waals surface area contributed by atoms with E-state index in [-0.39, 0.29) is 12.5 Å². The van der Waals surface area contributed by atoms with Crippen LogP contribution in [0.1, 0.15) is 72.1 Å². The van der Waals surface area contributed by atoms with E-state index in [0.29, 0.717) is 13.0 Å². The third-order valence-electron chi connectivity index (χ3n) is 5.51. The van der Waals surface area contributed by atoms with E-state index >= 15 is 0 Å². The molecule has 1 heterocycles.